The summed E-state index contributed by atoms with van der Waals surface area (Å²) < 4.78 is 27.2. The van der Waals surface area contributed by atoms with Crippen LogP contribution < -0.4 is 4.72 Å². The quantitative estimate of drug-likeness (QED) is 0.926. The first-order chi connectivity index (χ1) is 11.5. The maximum absolute atomic E-state index is 12.7. The number of nitrogens with one attached hydrogen (secondary N) is 1. The van der Waals surface area contributed by atoms with Crippen LogP contribution in [0.1, 0.15) is 30.4 Å². The monoisotopic (exact) mass is 340 g/mol. The van der Waals surface area contributed by atoms with E-state index in [2.05, 4.69) is 4.72 Å². The third kappa shape index (κ3) is 2.79. The molecule has 1 fully saturated rings. The van der Waals surface area contributed by atoms with E-state index in [9.17, 15) is 13.2 Å². The van der Waals surface area contributed by atoms with Gasteiger partial charge in [0.15, 0.2) is 0 Å². The molecule has 0 radical (unpaired) electrons. The van der Waals surface area contributed by atoms with Crippen LogP contribution in [0.4, 0.5) is 0 Å². The van der Waals surface area contributed by atoms with E-state index in [1.54, 1.807) is 0 Å². The predicted molar refractivity (Wildman–Crippen MR) is 88.5 cm³/mol. The molecule has 0 spiro atoms. The maximum Gasteiger partial charge on any atom is 0.264 e. The van der Waals surface area contributed by atoms with Gasteiger partial charge in [0.2, 0.25) is 5.91 Å². The third-order valence-electron chi connectivity index (χ3n) is 4.47. The molecule has 2 aromatic rings. The molecule has 5 nitrogen and oxygen atoms in total. The number of benzene rings is 2. The van der Waals surface area contributed by atoms with Crippen molar-refractivity contribution >= 4 is 15.9 Å². The molecule has 0 bridgehead atoms. The lowest BCUT2D eigenvalue weighted by Crippen LogP contribution is -2.50. The Morgan fingerprint density at radius 2 is 1.79 bits per heavy atom. The average Bonchev–Trinajstić information content (AvgIpc) is 2.54. The van der Waals surface area contributed by atoms with Gasteiger partial charge in [-0.1, -0.05) is 42.8 Å². The Balaban J connectivity index is 1.89. The molecular formula is C18H16N2O3S. The largest absolute Gasteiger partial charge is 0.273 e. The third-order valence-corrected chi connectivity index (χ3v) is 5.80. The first-order valence-electron chi connectivity index (χ1n) is 7.61. The first kappa shape index (κ1) is 16.2. The molecule has 24 heavy (non-hydrogen) atoms. The summed E-state index contributed by atoms with van der Waals surface area (Å²) in [6, 6.07) is 16.7. The van der Waals surface area contributed by atoms with Gasteiger partial charge in [-0.15, -0.1) is 0 Å². The number of amides is 1. The fourth-order valence-electron chi connectivity index (χ4n) is 2.95. The van der Waals surface area contributed by atoms with Gasteiger partial charge in [0.25, 0.3) is 10.0 Å². The Morgan fingerprint density at radius 1 is 1.08 bits per heavy atom. The van der Waals surface area contributed by atoms with Crippen molar-refractivity contribution in [3.8, 4) is 6.07 Å². The summed E-state index contributed by atoms with van der Waals surface area (Å²) in [5.74, 6) is -0.512. The zero-order chi connectivity index (χ0) is 17.2. The van der Waals surface area contributed by atoms with Crippen LogP contribution in [0, 0.1) is 11.3 Å². The van der Waals surface area contributed by atoms with E-state index in [4.69, 9.17) is 5.26 Å². The molecule has 0 aromatic heterocycles. The minimum atomic E-state index is -4.01. The zero-order valence-electron chi connectivity index (χ0n) is 12.9. The van der Waals surface area contributed by atoms with E-state index < -0.39 is 21.3 Å². The van der Waals surface area contributed by atoms with Crippen LogP contribution in [0.25, 0.3) is 0 Å². The van der Waals surface area contributed by atoms with Crippen LogP contribution in [-0.4, -0.2) is 14.3 Å². The SMILES string of the molecule is N#Cc1cccc(S(=O)(=O)NC(=O)C2(c3ccccc3)CCC2)c1. The van der Waals surface area contributed by atoms with Crippen molar-refractivity contribution in [2.75, 3.05) is 0 Å². The molecule has 0 unspecified atom stereocenters. The van der Waals surface area contributed by atoms with E-state index in [0.717, 1.165) is 12.0 Å². The second kappa shape index (κ2) is 6.10. The zero-order valence-corrected chi connectivity index (χ0v) is 13.7. The van der Waals surface area contributed by atoms with Crippen LogP contribution in [-0.2, 0) is 20.2 Å². The van der Waals surface area contributed by atoms with Crippen LogP contribution >= 0.6 is 0 Å². The molecular weight excluding hydrogens is 324 g/mol. The van der Waals surface area contributed by atoms with Crippen molar-refractivity contribution in [1.82, 2.24) is 4.72 Å². The Kier molecular flexibility index (Phi) is 4.12. The average molecular weight is 340 g/mol. The molecule has 1 amide bonds. The summed E-state index contributed by atoms with van der Waals surface area (Å²) in [4.78, 5) is 12.7. The number of nitrogens with zero attached hydrogens (tertiary/aromatic N) is 1. The van der Waals surface area contributed by atoms with Gasteiger partial charge in [-0.3, -0.25) is 4.79 Å². The van der Waals surface area contributed by atoms with E-state index in [-0.39, 0.29) is 10.5 Å². The van der Waals surface area contributed by atoms with Gasteiger partial charge in [-0.05, 0) is 36.6 Å². The number of sulfonamides is 1. The molecule has 0 saturated heterocycles. The fourth-order valence-corrected chi connectivity index (χ4v) is 4.04. The van der Waals surface area contributed by atoms with Gasteiger partial charge in [0, 0.05) is 0 Å². The molecule has 2 aromatic carbocycles. The molecule has 3 rings (SSSR count). The molecule has 0 heterocycles. The minimum absolute atomic E-state index is 0.0857. The van der Waals surface area contributed by atoms with Crippen LogP contribution in [0.5, 0.6) is 0 Å². The molecule has 6 heteroatoms. The first-order valence-corrected chi connectivity index (χ1v) is 9.09. The maximum atomic E-state index is 12.7. The van der Waals surface area contributed by atoms with E-state index >= 15 is 0 Å². The fraction of sp³-hybridized carbons (Fsp3) is 0.222. The highest BCUT2D eigenvalue weighted by molar-refractivity contribution is 7.90. The molecule has 122 valence electrons. The molecule has 1 N–H and O–H groups in total. The number of carbonyl (C=O) groups is 1. The smallest absolute Gasteiger partial charge is 0.264 e. The Bertz CT molecular complexity index is 911. The Hall–Kier alpha value is -2.65. The lowest BCUT2D eigenvalue weighted by molar-refractivity contribution is -0.128. The molecule has 1 saturated carbocycles. The van der Waals surface area contributed by atoms with E-state index in [1.165, 1.54) is 24.3 Å². The van der Waals surface area contributed by atoms with E-state index in [1.807, 2.05) is 36.4 Å². The standard InChI is InChI=1S/C18H16N2O3S/c19-13-14-6-4-9-16(12-14)24(22,23)20-17(21)18(10-5-11-18)15-7-2-1-3-8-15/h1-4,6-9,12H,5,10-11H2,(H,20,21). The highest BCUT2D eigenvalue weighted by atomic mass is 32.2. The van der Waals surface area contributed by atoms with Gasteiger partial charge in [0.1, 0.15) is 0 Å². The molecule has 0 aliphatic heterocycles. The second-order valence-corrected chi connectivity index (χ2v) is 7.56. The summed E-state index contributed by atoms with van der Waals surface area (Å²) in [5.41, 5.74) is 0.266. The van der Waals surface area contributed by atoms with Crippen molar-refractivity contribution < 1.29 is 13.2 Å². The minimum Gasteiger partial charge on any atom is -0.273 e. The van der Waals surface area contributed by atoms with Crippen molar-refractivity contribution in [3.63, 3.8) is 0 Å². The van der Waals surface area contributed by atoms with Gasteiger partial charge >= 0.3 is 0 Å². The van der Waals surface area contributed by atoms with Crippen molar-refractivity contribution in [2.45, 2.75) is 29.6 Å². The summed E-state index contributed by atoms with van der Waals surface area (Å²) in [7, 11) is -4.01. The second-order valence-electron chi connectivity index (χ2n) is 5.88. The molecule has 1 aliphatic rings. The van der Waals surface area contributed by atoms with Gasteiger partial charge in [0.05, 0.1) is 21.9 Å². The number of carbonyl (C=O) groups excluding carboxylic acids is 1. The topological polar surface area (TPSA) is 87.0 Å². The number of nitriles is 1. The van der Waals surface area contributed by atoms with E-state index in [0.29, 0.717) is 12.8 Å². The number of hydrogen-bond donors (Lipinski definition) is 1. The highest BCUT2D eigenvalue weighted by Gasteiger charge is 2.46. The number of rotatable bonds is 4. The molecule has 0 atom stereocenters. The van der Waals surface area contributed by atoms with Crippen LogP contribution in [0.3, 0.4) is 0 Å². The molecule has 1 aliphatic carbocycles. The Labute approximate surface area is 141 Å². The van der Waals surface area contributed by atoms with Crippen molar-refractivity contribution in [1.29, 1.82) is 5.26 Å². The van der Waals surface area contributed by atoms with Crippen molar-refractivity contribution in [3.05, 3.63) is 65.7 Å². The summed E-state index contributed by atoms with van der Waals surface area (Å²) >= 11 is 0. The lowest BCUT2D eigenvalue weighted by atomic mass is 9.64. The van der Waals surface area contributed by atoms with Gasteiger partial charge in [-0.2, -0.15) is 5.26 Å². The van der Waals surface area contributed by atoms with Crippen LogP contribution in [0.2, 0.25) is 0 Å². The van der Waals surface area contributed by atoms with Crippen molar-refractivity contribution in [2.24, 2.45) is 0 Å². The lowest BCUT2D eigenvalue weighted by Gasteiger charge is -2.40. The summed E-state index contributed by atoms with van der Waals surface area (Å²) in [6.07, 6.45) is 2.12. The highest BCUT2D eigenvalue weighted by Crippen LogP contribution is 2.44. The Morgan fingerprint density at radius 3 is 2.38 bits per heavy atom. The normalized spacial score (nSPS) is 15.8. The summed E-state index contributed by atoms with van der Waals surface area (Å²) in [5, 5.41) is 8.90. The predicted octanol–water partition coefficient (Wildman–Crippen LogP) is 2.49. The summed E-state index contributed by atoms with van der Waals surface area (Å²) in [6.45, 7) is 0. The number of hydrogen-bond acceptors (Lipinski definition) is 4. The van der Waals surface area contributed by atoms with Gasteiger partial charge < -0.3 is 0 Å². The van der Waals surface area contributed by atoms with Gasteiger partial charge in [-0.25, -0.2) is 13.1 Å². The van der Waals surface area contributed by atoms with Crippen LogP contribution in [0.15, 0.2) is 59.5 Å².